The first-order valence-electron chi connectivity index (χ1n) is 6.78. The second-order valence-electron chi connectivity index (χ2n) is 4.79. The standard InChI is InChI=1S/C14H19ClN4S2/c1-4-7-16-9-10-5-6-12(11(15)8-10)20-14-18-17-13(21-14)19(2)3/h5-6,8,16H,4,7,9H2,1-3H3. The summed E-state index contributed by atoms with van der Waals surface area (Å²) in [6.07, 6.45) is 1.13. The minimum atomic E-state index is 0.761. The highest BCUT2D eigenvalue weighted by Crippen LogP contribution is 2.36. The lowest BCUT2D eigenvalue weighted by Gasteiger charge is -2.06. The Balaban J connectivity index is 2.02. The first-order chi connectivity index (χ1) is 10.1. The molecular formula is C14H19ClN4S2. The molecule has 0 atom stereocenters. The third kappa shape index (κ3) is 4.85. The van der Waals surface area contributed by atoms with Crippen molar-refractivity contribution in [3.8, 4) is 0 Å². The Morgan fingerprint density at radius 3 is 2.76 bits per heavy atom. The Morgan fingerprint density at radius 2 is 2.14 bits per heavy atom. The Kier molecular flexibility index (Phi) is 6.29. The van der Waals surface area contributed by atoms with Crippen LogP contribution in [-0.2, 0) is 6.54 Å². The van der Waals surface area contributed by atoms with Gasteiger partial charge in [-0.2, -0.15) is 0 Å². The molecule has 0 aliphatic rings. The largest absolute Gasteiger partial charge is 0.353 e. The van der Waals surface area contributed by atoms with Crippen LogP contribution in [0.3, 0.4) is 0 Å². The average Bonchev–Trinajstić information content (AvgIpc) is 2.91. The van der Waals surface area contributed by atoms with E-state index in [1.54, 1.807) is 23.1 Å². The van der Waals surface area contributed by atoms with Crippen molar-refractivity contribution in [2.45, 2.75) is 29.1 Å². The number of aromatic nitrogens is 2. The van der Waals surface area contributed by atoms with E-state index in [2.05, 4.69) is 28.5 Å². The van der Waals surface area contributed by atoms with Gasteiger partial charge in [-0.3, -0.25) is 0 Å². The minimum absolute atomic E-state index is 0.761. The third-order valence-electron chi connectivity index (χ3n) is 2.73. The number of nitrogens with zero attached hydrogens (tertiary/aromatic N) is 3. The van der Waals surface area contributed by atoms with Crippen molar-refractivity contribution in [2.75, 3.05) is 25.5 Å². The summed E-state index contributed by atoms with van der Waals surface area (Å²) >= 11 is 9.48. The highest BCUT2D eigenvalue weighted by molar-refractivity contribution is 8.01. The Morgan fingerprint density at radius 1 is 1.33 bits per heavy atom. The van der Waals surface area contributed by atoms with E-state index in [0.29, 0.717) is 0 Å². The van der Waals surface area contributed by atoms with Crippen LogP contribution in [0.15, 0.2) is 27.4 Å². The Bertz CT molecular complexity index is 586. The maximum atomic E-state index is 6.36. The van der Waals surface area contributed by atoms with Gasteiger partial charge in [-0.25, -0.2) is 0 Å². The summed E-state index contributed by atoms with van der Waals surface area (Å²) in [4.78, 5) is 2.96. The zero-order valence-corrected chi connectivity index (χ0v) is 14.8. The maximum absolute atomic E-state index is 6.36. The number of hydrogen-bond donors (Lipinski definition) is 1. The fourth-order valence-electron chi connectivity index (χ4n) is 1.67. The van der Waals surface area contributed by atoms with Crippen molar-refractivity contribution in [3.05, 3.63) is 28.8 Å². The molecule has 1 N–H and O–H groups in total. The molecule has 0 unspecified atom stereocenters. The molecule has 0 aliphatic heterocycles. The lowest BCUT2D eigenvalue weighted by molar-refractivity contribution is 0.675. The van der Waals surface area contributed by atoms with E-state index in [-0.39, 0.29) is 0 Å². The number of halogens is 1. The summed E-state index contributed by atoms with van der Waals surface area (Å²) < 4.78 is 0.900. The van der Waals surface area contributed by atoms with E-state index in [0.717, 1.165) is 38.9 Å². The average molecular weight is 343 g/mol. The summed E-state index contributed by atoms with van der Waals surface area (Å²) in [7, 11) is 3.92. The first kappa shape index (κ1) is 16.5. The second-order valence-corrected chi connectivity index (χ2v) is 7.44. The van der Waals surface area contributed by atoms with Gasteiger partial charge in [0.25, 0.3) is 0 Å². The molecule has 2 rings (SSSR count). The van der Waals surface area contributed by atoms with Gasteiger partial charge in [0.1, 0.15) is 0 Å². The first-order valence-corrected chi connectivity index (χ1v) is 8.79. The summed E-state index contributed by atoms with van der Waals surface area (Å²) in [5, 5.41) is 13.3. The van der Waals surface area contributed by atoms with Crippen LogP contribution in [0.1, 0.15) is 18.9 Å². The van der Waals surface area contributed by atoms with Crippen LogP contribution in [0.25, 0.3) is 0 Å². The quantitative estimate of drug-likeness (QED) is 0.772. The molecule has 0 amide bonds. The van der Waals surface area contributed by atoms with Gasteiger partial charge in [-0.15, -0.1) is 10.2 Å². The fraction of sp³-hybridized carbons (Fsp3) is 0.429. The van der Waals surface area contributed by atoms with Gasteiger partial charge < -0.3 is 10.2 Å². The molecule has 7 heteroatoms. The topological polar surface area (TPSA) is 41.1 Å². The van der Waals surface area contributed by atoms with Crippen LogP contribution in [0, 0.1) is 0 Å². The van der Waals surface area contributed by atoms with Gasteiger partial charge in [0.15, 0.2) is 4.34 Å². The molecule has 2 aromatic rings. The lowest BCUT2D eigenvalue weighted by Crippen LogP contribution is -2.13. The molecule has 0 saturated carbocycles. The monoisotopic (exact) mass is 342 g/mol. The smallest absolute Gasteiger partial charge is 0.208 e. The molecule has 4 nitrogen and oxygen atoms in total. The molecule has 114 valence electrons. The van der Waals surface area contributed by atoms with Crippen molar-refractivity contribution < 1.29 is 0 Å². The van der Waals surface area contributed by atoms with Crippen LogP contribution in [0.2, 0.25) is 5.02 Å². The van der Waals surface area contributed by atoms with Gasteiger partial charge in [0.2, 0.25) is 5.13 Å². The molecule has 1 heterocycles. The molecule has 0 aliphatic carbocycles. The van der Waals surface area contributed by atoms with Crippen LogP contribution in [0.4, 0.5) is 5.13 Å². The van der Waals surface area contributed by atoms with Crippen LogP contribution in [-0.4, -0.2) is 30.8 Å². The molecule has 0 bridgehead atoms. The molecule has 0 fully saturated rings. The zero-order valence-electron chi connectivity index (χ0n) is 12.4. The number of nitrogens with one attached hydrogen (secondary N) is 1. The van der Waals surface area contributed by atoms with Gasteiger partial charge in [0, 0.05) is 25.5 Å². The summed E-state index contributed by atoms with van der Waals surface area (Å²) in [6, 6.07) is 6.16. The molecule has 0 radical (unpaired) electrons. The predicted octanol–water partition coefficient (Wildman–Crippen LogP) is 3.91. The van der Waals surface area contributed by atoms with Crippen molar-refractivity contribution in [2.24, 2.45) is 0 Å². The van der Waals surface area contributed by atoms with Crippen molar-refractivity contribution >= 4 is 39.8 Å². The number of anilines is 1. The van der Waals surface area contributed by atoms with Crippen molar-refractivity contribution in [3.63, 3.8) is 0 Å². The Labute approximate surface area is 138 Å². The van der Waals surface area contributed by atoms with Crippen LogP contribution < -0.4 is 10.2 Å². The van der Waals surface area contributed by atoms with E-state index in [9.17, 15) is 0 Å². The molecule has 0 spiro atoms. The number of rotatable bonds is 7. The highest BCUT2D eigenvalue weighted by atomic mass is 35.5. The summed E-state index contributed by atoms with van der Waals surface area (Å²) in [5.41, 5.74) is 1.20. The van der Waals surface area contributed by atoms with Crippen molar-refractivity contribution in [1.29, 1.82) is 0 Å². The summed E-state index contributed by atoms with van der Waals surface area (Å²) in [5.74, 6) is 0. The molecule has 21 heavy (non-hydrogen) atoms. The van der Waals surface area contributed by atoms with E-state index in [1.165, 1.54) is 5.56 Å². The SMILES string of the molecule is CCCNCc1ccc(Sc2nnc(N(C)C)s2)c(Cl)c1. The molecule has 0 saturated heterocycles. The van der Waals surface area contributed by atoms with E-state index < -0.39 is 0 Å². The third-order valence-corrected chi connectivity index (χ3v) is 5.37. The van der Waals surface area contributed by atoms with Gasteiger partial charge in [-0.1, -0.05) is 47.7 Å². The van der Waals surface area contributed by atoms with Crippen LogP contribution in [0.5, 0.6) is 0 Å². The predicted molar refractivity (Wildman–Crippen MR) is 91.8 cm³/mol. The van der Waals surface area contributed by atoms with E-state index in [4.69, 9.17) is 11.6 Å². The van der Waals surface area contributed by atoms with Gasteiger partial charge >= 0.3 is 0 Å². The fourth-order valence-corrected chi connectivity index (χ4v) is 3.71. The number of benzene rings is 1. The van der Waals surface area contributed by atoms with Crippen LogP contribution >= 0.6 is 34.7 Å². The molecular weight excluding hydrogens is 324 g/mol. The molecule has 1 aromatic carbocycles. The Hall–Kier alpha value is -0.820. The van der Waals surface area contributed by atoms with E-state index >= 15 is 0 Å². The maximum Gasteiger partial charge on any atom is 0.208 e. The highest BCUT2D eigenvalue weighted by Gasteiger charge is 2.10. The summed E-state index contributed by atoms with van der Waals surface area (Å²) in [6.45, 7) is 4.03. The van der Waals surface area contributed by atoms with E-state index in [1.807, 2.05) is 31.1 Å². The van der Waals surface area contributed by atoms with Gasteiger partial charge in [0.05, 0.1) is 5.02 Å². The zero-order chi connectivity index (χ0) is 15.2. The number of hydrogen-bond acceptors (Lipinski definition) is 6. The minimum Gasteiger partial charge on any atom is -0.353 e. The lowest BCUT2D eigenvalue weighted by atomic mass is 10.2. The van der Waals surface area contributed by atoms with Gasteiger partial charge in [-0.05, 0) is 30.7 Å². The second kappa shape index (κ2) is 7.98. The normalized spacial score (nSPS) is 10.9. The molecule has 1 aromatic heterocycles. The van der Waals surface area contributed by atoms with Crippen molar-refractivity contribution in [1.82, 2.24) is 15.5 Å².